The third-order valence-electron chi connectivity index (χ3n) is 4.13. The maximum Gasteiger partial charge on any atom is 0.233 e. The molecule has 0 aliphatic carbocycles. The van der Waals surface area contributed by atoms with Gasteiger partial charge in [-0.2, -0.15) is 4.98 Å². The highest BCUT2D eigenvalue weighted by Gasteiger charge is 2.28. The van der Waals surface area contributed by atoms with E-state index in [0.717, 1.165) is 5.75 Å². The Hall–Kier alpha value is -2.84. The summed E-state index contributed by atoms with van der Waals surface area (Å²) < 4.78 is 42.5. The summed E-state index contributed by atoms with van der Waals surface area (Å²) in [5, 5.41) is 2.90. The second-order valence-corrected chi connectivity index (χ2v) is 8.07. The van der Waals surface area contributed by atoms with Gasteiger partial charge in [-0.1, -0.05) is 18.2 Å². The summed E-state index contributed by atoms with van der Waals surface area (Å²) in [4.78, 5) is 4.47. The summed E-state index contributed by atoms with van der Waals surface area (Å²) in [7, 11) is -2.22. The molecule has 1 heterocycles. The van der Waals surface area contributed by atoms with E-state index in [1.54, 1.807) is 49.6 Å². The topological polar surface area (TPSA) is 90.7 Å². The average molecular weight is 416 g/mol. The molecule has 29 heavy (non-hydrogen) atoms. The number of methoxy groups -OCH3 is 1. The number of sulfone groups is 1. The number of rotatable bonds is 10. The monoisotopic (exact) mass is 416 g/mol. The van der Waals surface area contributed by atoms with Crippen molar-refractivity contribution in [2.24, 2.45) is 0 Å². The summed E-state index contributed by atoms with van der Waals surface area (Å²) in [6.45, 7) is 3.51. The van der Waals surface area contributed by atoms with Crippen LogP contribution in [0.4, 0.5) is 5.88 Å². The number of oxazole rings is 1. The van der Waals surface area contributed by atoms with Crippen molar-refractivity contribution in [3.8, 4) is 17.2 Å². The number of hydrogen-bond donors (Lipinski definition) is 1. The Morgan fingerprint density at radius 2 is 1.79 bits per heavy atom. The Morgan fingerprint density at radius 3 is 2.45 bits per heavy atom. The SMILES string of the molecule is CCOc1ccc(-c2nc(S(=O)(=O)c3ccccc3)c(NCCCOC)o2)cc1. The summed E-state index contributed by atoms with van der Waals surface area (Å²) >= 11 is 0. The van der Waals surface area contributed by atoms with Gasteiger partial charge in [0, 0.05) is 25.8 Å². The van der Waals surface area contributed by atoms with Crippen LogP contribution in [0.15, 0.2) is 68.9 Å². The molecule has 1 N–H and O–H groups in total. The minimum Gasteiger partial charge on any atom is -0.494 e. The number of benzene rings is 2. The Labute approximate surface area is 170 Å². The lowest BCUT2D eigenvalue weighted by atomic mass is 10.2. The normalized spacial score (nSPS) is 11.4. The first-order valence-corrected chi connectivity index (χ1v) is 10.8. The molecule has 8 heteroatoms. The van der Waals surface area contributed by atoms with Crippen LogP contribution in [0, 0.1) is 0 Å². The predicted molar refractivity (Wildman–Crippen MR) is 110 cm³/mol. The van der Waals surface area contributed by atoms with Gasteiger partial charge in [0.05, 0.1) is 11.5 Å². The maximum atomic E-state index is 13.1. The molecule has 0 saturated heterocycles. The van der Waals surface area contributed by atoms with Crippen molar-refractivity contribution in [1.82, 2.24) is 4.98 Å². The summed E-state index contributed by atoms with van der Waals surface area (Å²) in [5.41, 5.74) is 0.655. The predicted octanol–water partition coefficient (Wildman–Crippen LogP) is 4.02. The van der Waals surface area contributed by atoms with Gasteiger partial charge in [0.15, 0.2) is 0 Å². The van der Waals surface area contributed by atoms with Crippen LogP contribution in [0.1, 0.15) is 13.3 Å². The van der Waals surface area contributed by atoms with E-state index in [1.165, 1.54) is 12.1 Å². The maximum absolute atomic E-state index is 13.1. The highest BCUT2D eigenvalue weighted by Crippen LogP contribution is 2.32. The average Bonchev–Trinajstić information content (AvgIpc) is 3.18. The lowest BCUT2D eigenvalue weighted by Crippen LogP contribution is -2.09. The molecule has 0 bridgehead atoms. The minimum atomic E-state index is -3.84. The van der Waals surface area contributed by atoms with Crippen LogP contribution in [0.2, 0.25) is 0 Å². The van der Waals surface area contributed by atoms with Gasteiger partial charge >= 0.3 is 0 Å². The number of ether oxygens (including phenoxy) is 2. The van der Waals surface area contributed by atoms with Crippen molar-refractivity contribution in [2.45, 2.75) is 23.3 Å². The molecular weight excluding hydrogens is 392 g/mol. The number of anilines is 1. The van der Waals surface area contributed by atoms with Crippen LogP contribution in [-0.4, -0.2) is 40.3 Å². The van der Waals surface area contributed by atoms with E-state index in [1.807, 2.05) is 6.92 Å². The van der Waals surface area contributed by atoms with E-state index in [0.29, 0.717) is 31.7 Å². The van der Waals surface area contributed by atoms with Crippen molar-refractivity contribution in [3.63, 3.8) is 0 Å². The molecule has 2 aromatic carbocycles. The molecule has 0 aliphatic heterocycles. The third kappa shape index (κ3) is 4.96. The number of hydrogen-bond acceptors (Lipinski definition) is 7. The van der Waals surface area contributed by atoms with E-state index in [-0.39, 0.29) is 21.7 Å². The fourth-order valence-corrected chi connectivity index (χ4v) is 4.01. The molecule has 1 aromatic heterocycles. The zero-order valence-electron chi connectivity index (χ0n) is 16.4. The van der Waals surface area contributed by atoms with Gasteiger partial charge < -0.3 is 19.2 Å². The molecule has 0 saturated carbocycles. The van der Waals surface area contributed by atoms with E-state index in [4.69, 9.17) is 13.9 Å². The Balaban J connectivity index is 1.97. The van der Waals surface area contributed by atoms with Gasteiger partial charge in [-0.25, -0.2) is 8.42 Å². The van der Waals surface area contributed by atoms with E-state index >= 15 is 0 Å². The largest absolute Gasteiger partial charge is 0.494 e. The van der Waals surface area contributed by atoms with Gasteiger partial charge in [-0.15, -0.1) is 0 Å². The summed E-state index contributed by atoms with van der Waals surface area (Å²) in [6, 6.07) is 15.3. The van der Waals surface area contributed by atoms with Crippen LogP contribution in [-0.2, 0) is 14.6 Å². The van der Waals surface area contributed by atoms with Gasteiger partial charge in [0.1, 0.15) is 5.75 Å². The van der Waals surface area contributed by atoms with Crippen molar-refractivity contribution in [2.75, 3.05) is 32.2 Å². The fraction of sp³-hybridized carbons (Fsp3) is 0.286. The van der Waals surface area contributed by atoms with Crippen molar-refractivity contribution < 1.29 is 22.3 Å². The van der Waals surface area contributed by atoms with Crippen LogP contribution in [0.3, 0.4) is 0 Å². The summed E-state index contributed by atoms with van der Waals surface area (Å²) in [6.07, 6.45) is 0.695. The molecule has 0 fully saturated rings. The van der Waals surface area contributed by atoms with Gasteiger partial charge in [-0.05, 0) is 49.7 Å². The van der Waals surface area contributed by atoms with Crippen LogP contribution in [0.5, 0.6) is 5.75 Å². The molecular formula is C21H24N2O5S. The van der Waals surface area contributed by atoms with Gasteiger partial charge in [0.25, 0.3) is 0 Å². The zero-order chi connectivity index (χ0) is 20.7. The molecule has 0 aliphatic rings. The van der Waals surface area contributed by atoms with Gasteiger partial charge in [-0.3, -0.25) is 0 Å². The van der Waals surface area contributed by atoms with E-state index in [2.05, 4.69) is 10.3 Å². The first-order chi connectivity index (χ1) is 14.1. The molecule has 0 amide bonds. The molecule has 154 valence electrons. The molecule has 0 spiro atoms. The molecule has 0 radical (unpaired) electrons. The van der Waals surface area contributed by atoms with E-state index < -0.39 is 9.84 Å². The van der Waals surface area contributed by atoms with Crippen molar-refractivity contribution >= 4 is 15.7 Å². The molecule has 3 rings (SSSR count). The molecule has 0 atom stereocenters. The van der Waals surface area contributed by atoms with Crippen LogP contribution >= 0.6 is 0 Å². The quantitative estimate of drug-likeness (QED) is 0.499. The fourth-order valence-electron chi connectivity index (χ4n) is 2.71. The third-order valence-corrected chi connectivity index (χ3v) is 5.81. The zero-order valence-corrected chi connectivity index (χ0v) is 17.2. The van der Waals surface area contributed by atoms with Crippen molar-refractivity contribution in [1.29, 1.82) is 0 Å². The highest BCUT2D eigenvalue weighted by molar-refractivity contribution is 7.91. The Kier molecular flexibility index (Phi) is 6.90. The van der Waals surface area contributed by atoms with Crippen LogP contribution < -0.4 is 10.1 Å². The minimum absolute atomic E-state index is 0.119. The second kappa shape index (κ2) is 9.58. The summed E-state index contributed by atoms with van der Waals surface area (Å²) in [5.74, 6) is 1.06. The first-order valence-electron chi connectivity index (χ1n) is 9.33. The number of nitrogens with one attached hydrogen (secondary N) is 1. The lowest BCUT2D eigenvalue weighted by Gasteiger charge is -2.05. The number of nitrogens with zero attached hydrogens (tertiary/aromatic N) is 1. The van der Waals surface area contributed by atoms with Gasteiger partial charge in [0.2, 0.25) is 26.6 Å². The Bertz CT molecular complexity index is 1010. The smallest absolute Gasteiger partial charge is 0.233 e. The molecule has 0 unspecified atom stereocenters. The number of aromatic nitrogens is 1. The Morgan fingerprint density at radius 1 is 1.07 bits per heavy atom. The molecule has 3 aromatic rings. The van der Waals surface area contributed by atoms with Crippen molar-refractivity contribution in [3.05, 3.63) is 54.6 Å². The van der Waals surface area contributed by atoms with Crippen LogP contribution in [0.25, 0.3) is 11.5 Å². The van der Waals surface area contributed by atoms with E-state index in [9.17, 15) is 8.42 Å². The highest BCUT2D eigenvalue weighted by atomic mass is 32.2. The first kappa shape index (κ1) is 20.9. The standard InChI is InChI=1S/C21H24N2O5S/c1-3-27-17-12-10-16(11-13-17)19-23-21(20(28-19)22-14-7-15-26-2)29(24,25)18-8-5-4-6-9-18/h4-6,8-13,22H,3,7,14-15H2,1-2H3. The molecule has 7 nitrogen and oxygen atoms in total. The lowest BCUT2D eigenvalue weighted by molar-refractivity contribution is 0.197. The second-order valence-electron chi connectivity index (χ2n) is 6.20.